The first-order chi connectivity index (χ1) is 8.66. The highest BCUT2D eigenvalue weighted by Gasteiger charge is 2.40. The van der Waals surface area contributed by atoms with Gasteiger partial charge in [-0.15, -0.1) is 0 Å². The first kappa shape index (κ1) is 11.5. The second kappa shape index (κ2) is 4.28. The van der Waals surface area contributed by atoms with Crippen LogP contribution in [0.2, 0.25) is 0 Å². The van der Waals surface area contributed by atoms with Crippen molar-refractivity contribution in [1.29, 1.82) is 0 Å². The molecule has 0 bridgehead atoms. The molecule has 2 atom stereocenters. The van der Waals surface area contributed by atoms with Crippen molar-refractivity contribution in [3.05, 3.63) is 70.3 Å². The third-order valence-corrected chi connectivity index (χ3v) is 4.13. The molecule has 1 fully saturated rings. The Morgan fingerprint density at radius 1 is 0.833 bits per heavy atom. The van der Waals surface area contributed by atoms with Gasteiger partial charge >= 0.3 is 0 Å². The van der Waals surface area contributed by atoms with E-state index in [1.54, 1.807) is 5.56 Å². The average Bonchev–Trinajstić information content (AvgIpc) is 3.09. The summed E-state index contributed by atoms with van der Waals surface area (Å²) in [6.07, 6.45) is 1.31. The zero-order valence-electron chi connectivity index (χ0n) is 11.4. The molecular formula is C18H20. The molecule has 0 aromatic heterocycles. The molecule has 1 aliphatic rings. The number of aryl methyl sites for hydroxylation is 3. The second-order valence-electron chi connectivity index (χ2n) is 5.67. The Labute approximate surface area is 110 Å². The number of benzene rings is 2. The first-order valence-electron chi connectivity index (χ1n) is 6.79. The molecule has 0 N–H and O–H groups in total. The van der Waals surface area contributed by atoms with Gasteiger partial charge in [-0.2, -0.15) is 0 Å². The zero-order valence-corrected chi connectivity index (χ0v) is 11.4. The topological polar surface area (TPSA) is 0 Å². The molecule has 1 saturated carbocycles. The van der Waals surface area contributed by atoms with Crippen LogP contribution in [-0.4, -0.2) is 0 Å². The van der Waals surface area contributed by atoms with Crippen LogP contribution in [0.15, 0.2) is 42.5 Å². The van der Waals surface area contributed by atoms with Gasteiger partial charge in [0.2, 0.25) is 0 Å². The minimum Gasteiger partial charge on any atom is -0.0622 e. The van der Waals surface area contributed by atoms with Crippen molar-refractivity contribution in [2.45, 2.75) is 39.0 Å². The maximum absolute atomic E-state index is 2.32. The van der Waals surface area contributed by atoms with Gasteiger partial charge in [0, 0.05) is 0 Å². The highest BCUT2D eigenvalue weighted by atomic mass is 14.4. The van der Waals surface area contributed by atoms with Crippen molar-refractivity contribution in [2.75, 3.05) is 0 Å². The van der Waals surface area contributed by atoms with Crippen LogP contribution < -0.4 is 0 Å². The van der Waals surface area contributed by atoms with E-state index in [4.69, 9.17) is 0 Å². The molecule has 0 aliphatic heterocycles. The van der Waals surface area contributed by atoms with Gasteiger partial charge < -0.3 is 0 Å². The molecule has 0 amide bonds. The van der Waals surface area contributed by atoms with Gasteiger partial charge in [0.1, 0.15) is 0 Å². The lowest BCUT2D eigenvalue weighted by Crippen LogP contribution is -1.94. The Bertz CT molecular complexity index is 543. The van der Waals surface area contributed by atoms with Crippen LogP contribution in [0.3, 0.4) is 0 Å². The van der Waals surface area contributed by atoms with E-state index in [1.165, 1.54) is 28.7 Å². The summed E-state index contributed by atoms with van der Waals surface area (Å²) in [5, 5.41) is 0. The normalized spacial score (nSPS) is 21.9. The average molecular weight is 236 g/mol. The Balaban J connectivity index is 1.91. The van der Waals surface area contributed by atoms with Gasteiger partial charge in [0.25, 0.3) is 0 Å². The largest absolute Gasteiger partial charge is 0.0622 e. The number of rotatable bonds is 2. The summed E-state index contributed by atoms with van der Waals surface area (Å²) in [6.45, 7) is 6.71. The molecule has 0 unspecified atom stereocenters. The van der Waals surface area contributed by atoms with Crippen molar-refractivity contribution in [3.8, 4) is 0 Å². The Hall–Kier alpha value is -1.56. The van der Waals surface area contributed by atoms with Gasteiger partial charge in [-0.25, -0.2) is 0 Å². The molecule has 1 aliphatic carbocycles. The molecule has 2 aromatic rings. The fourth-order valence-corrected chi connectivity index (χ4v) is 3.36. The monoisotopic (exact) mass is 236 g/mol. The maximum Gasteiger partial charge on any atom is -0.00816 e. The van der Waals surface area contributed by atoms with Gasteiger partial charge in [-0.1, -0.05) is 48.0 Å². The maximum atomic E-state index is 2.32. The summed E-state index contributed by atoms with van der Waals surface area (Å²) in [6, 6.07) is 15.6. The standard InChI is InChI=1S/C18H20/c1-12-9-13(2)18(14(3)10-12)17-11-16(17)15-7-5-4-6-8-15/h4-10,16-17H,11H2,1-3H3/t16-,17+/m1/s1. The lowest BCUT2D eigenvalue weighted by molar-refractivity contribution is 0.993. The molecular weight excluding hydrogens is 216 g/mol. The lowest BCUT2D eigenvalue weighted by atomic mass is 9.94. The smallest absolute Gasteiger partial charge is 0.00816 e. The van der Waals surface area contributed by atoms with Gasteiger partial charge in [0.15, 0.2) is 0 Å². The van der Waals surface area contributed by atoms with E-state index in [9.17, 15) is 0 Å². The Kier molecular flexibility index (Phi) is 2.74. The quantitative estimate of drug-likeness (QED) is 0.697. The van der Waals surface area contributed by atoms with Crippen molar-refractivity contribution in [3.63, 3.8) is 0 Å². The number of hydrogen-bond donors (Lipinski definition) is 0. The SMILES string of the molecule is Cc1cc(C)c([C@H]2C[C@@H]2c2ccccc2)c(C)c1. The predicted molar refractivity (Wildman–Crippen MR) is 77.2 cm³/mol. The van der Waals surface area contributed by atoms with Crippen molar-refractivity contribution >= 4 is 0 Å². The van der Waals surface area contributed by atoms with Crippen LogP contribution >= 0.6 is 0 Å². The van der Waals surface area contributed by atoms with Gasteiger partial charge in [0.05, 0.1) is 0 Å². The molecule has 18 heavy (non-hydrogen) atoms. The third-order valence-electron chi connectivity index (χ3n) is 4.13. The fourth-order valence-electron chi connectivity index (χ4n) is 3.36. The zero-order chi connectivity index (χ0) is 12.7. The van der Waals surface area contributed by atoms with Crippen molar-refractivity contribution < 1.29 is 0 Å². The van der Waals surface area contributed by atoms with Crippen LogP contribution in [-0.2, 0) is 0 Å². The molecule has 0 nitrogen and oxygen atoms in total. The molecule has 0 heterocycles. The second-order valence-corrected chi connectivity index (χ2v) is 5.67. The highest BCUT2D eigenvalue weighted by molar-refractivity contribution is 5.46. The first-order valence-corrected chi connectivity index (χ1v) is 6.79. The number of hydrogen-bond acceptors (Lipinski definition) is 0. The minimum atomic E-state index is 0.742. The molecule has 0 spiro atoms. The predicted octanol–water partition coefficient (Wildman–Crippen LogP) is 4.88. The fraction of sp³-hybridized carbons (Fsp3) is 0.333. The van der Waals surface area contributed by atoms with Crippen molar-refractivity contribution in [1.82, 2.24) is 0 Å². The van der Waals surface area contributed by atoms with E-state index in [2.05, 4.69) is 63.2 Å². The Morgan fingerprint density at radius 3 is 2.06 bits per heavy atom. The van der Waals surface area contributed by atoms with Gasteiger partial charge in [-0.3, -0.25) is 0 Å². The lowest BCUT2D eigenvalue weighted by Gasteiger charge is -2.11. The summed E-state index contributed by atoms with van der Waals surface area (Å²) in [5.41, 5.74) is 7.41. The molecule has 92 valence electrons. The van der Waals surface area contributed by atoms with Crippen molar-refractivity contribution in [2.24, 2.45) is 0 Å². The van der Waals surface area contributed by atoms with E-state index in [-0.39, 0.29) is 0 Å². The molecule has 0 heteroatoms. The molecule has 2 aromatic carbocycles. The van der Waals surface area contributed by atoms with E-state index < -0.39 is 0 Å². The van der Waals surface area contributed by atoms with Gasteiger partial charge in [-0.05, 0) is 61.3 Å². The van der Waals surface area contributed by atoms with E-state index in [1.807, 2.05) is 0 Å². The summed E-state index contributed by atoms with van der Waals surface area (Å²) in [7, 11) is 0. The van der Waals surface area contributed by atoms with Crippen LogP contribution in [0.4, 0.5) is 0 Å². The highest BCUT2D eigenvalue weighted by Crippen LogP contribution is 2.56. The van der Waals surface area contributed by atoms with Crippen LogP contribution in [0.5, 0.6) is 0 Å². The minimum absolute atomic E-state index is 0.742. The summed E-state index contributed by atoms with van der Waals surface area (Å²) in [4.78, 5) is 0. The summed E-state index contributed by atoms with van der Waals surface area (Å²) in [5.74, 6) is 1.49. The van der Waals surface area contributed by atoms with E-state index >= 15 is 0 Å². The Morgan fingerprint density at radius 2 is 1.44 bits per heavy atom. The van der Waals surface area contributed by atoms with Crippen LogP contribution in [0, 0.1) is 20.8 Å². The summed E-state index contributed by atoms with van der Waals surface area (Å²) >= 11 is 0. The van der Waals surface area contributed by atoms with Crippen LogP contribution in [0.25, 0.3) is 0 Å². The third kappa shape index (κ3) is 1.96. The van der Waals surface area contributed by atoms with E-state index in [0.717, 1.165) is 11.8 Å². The molecule has 0 radical (unpaired) electrons. The molecule has 3 rings (SSSR count). The van der Waals surface area contributed by atoms with E-state index in [0.29, 0.717) is 0 Å². The molecule has 0 saturated heterocycles. The van der Waals surface area contributed by atoms with Crippen LogP contribution in [0.1, 0.15) is 46.1 Å². The summed E-state index contributed by atoms with van der Waals surface area (Å²) < 4.78 is 0.